The van der Waals surface area contributed by atoms with E-state index in [0.717, 1.165) is 32.3 Å². The molecule has 2 atom stereocenters. The SMILES string of the molecule is CCC(CC)[C@H]1C[C@H](Nc2ncccc2C(=O)NC)CCO1. The van der Waals surface area contributed by atoms with E-state index in [1.54, 1.807) is 25.4 Å². The highest BCUT2D eigenvalue weighted by Crippen LogP contribution is 2.27. The summed E-state index contributed by atoms with van der Waals surface area (Å²) in [5.41, 5.74) is 0.593. The van der Waals surface area contributed by atoms with Gasteiger partial charge in [0.2, 0.25) is 0 Å². The van der Waals surface area contributed by atoms with Crippen LogP contribution in [-0.2, 0) is 4.74 Å². The van der Waals surface area contributed by atoms with Gasteiger partial charge in [-0.3, -0.25) is 4.79 Å². The first-order valence-corrected chi connectivity index (χ1v) is 8.24. The maximum absolute atomic E-state index is 11.9. The molecule has 0 saturated carbocycles. The summed E-state index contributed by atoms with van der Waals surface area (Å²) in [5, 5.41) is 6.11. The summed E-state index contributed by atoms with van der Waals surface area (Å²) in [6.07, 6.45) is 6.21. The molecular formula is C17H27N3O2. The first kappa shape index (κ1) is 16.7. The second kappa shape index (κ2) is 8.13. The molecule has 22 heavy (non-hydrogen) atoms. The highest BCUT2D eigenvalue weighted by Gasteiger charge is 2.28. The van der Waals surface area contributed by atoms with Gasteiger partial charge in [0.1, 0.15) is 5.82 Å². The van der Waals surface area contributed by atoms with Crippen LogP contribution in [0.5, 0.6) is 0 Å². The zero-order valence-electron chi connectivity index (χ0n) is 13.8. The Morgan fingerprint density at radius 1 is 1.45 bits per heavy atom. The number of carbonyl (C=O) groups excluding carboxylic acids is 1. The zero-order valence-corrected chi connectivity index (χ0v) is 13.8. The number of rotatable bonds is 6. The summed E-state index contributed by atoms with van der Waals surface area (Å²) < 4.78 is 5.95. The first-order chi connectivity index (χ1) is 10.7. The van der Waals surface area contributed by atoms with Gasteiger partial charge in [0.25, 0.3) is 5.91 Å². The van der Waals surface area contributed by atoms with Gasteiger partial charge in [-0.05, 0) is 30.9 Å². The molecule has 0 aliphatic carbocycles. The highest BCUT2D eigenvalue weighted by atomic mass is 16.5. The molecule has 1 amide bonds. The quantitative estimate of drug-likeness (QED) is 0.848. The molecule has 1 fully saturated rings. The Labute approximate surface area is 132 Å². The molecule has 0 aromatic carbocycles. The molecule has 0 radical (unpaired) electrons. The fraction of sp³-hybridized carbons (Fsp3) is 0.647. The number of ether oxygens (including phenoxy) is 1. The van der Waals surface area contributed by atoms with Gasteiger partial charge in [0, 0.05) is 25.9 Å². The van der Waals surface area contributed by atoms with E-state index in [4.69, 9.17) is 4.74 Å². The van der Waals surface area contributed by atoms with Crippen molar-refractivity contribution in [3.05, 3.63) is 23.9 Å². The molecule has 0 bridgehead atoms. The molecule has 5 nitrogen and oxygen atoms in total. The number of aromatic nitrogens is 1. The number of carbonyl (C=O) groups is 1. The summed E-state index contributed by atoms with van der Waals surface area (Å²) in [6, 6.07) is 3.89. The number of pyridine rings is 1. The maximum Gasteiger partial charge on any atom is 0.254 e. The fourth-order valence-electron chi connectivity index (χ4n) is 3.13. The largest absolute Gasteiger partial charge is 0.378 e. The van der Waals surface area contributed by atoms with E-state index in [-0.39, 0.29) is 5.91 Å². The summed E-state index contributed by atoms with van der Waals surface area (Å²) in [7, 11) is 1.64. The Balaban J connectivity index is 2.06. The van der Waals surface area contributed by atoms with Gasteiger partial charge in [-0.1, -0.05) is 26.7 Å². The molecule has 1 saturated heterocycles. The van der Waals surface area contributed by atoms with Crippen molar-refractivity contribution in [1.82, 2.24) is 10.3 Å². The number of nitrogens with zero attached hydrogens (tertiary/aromatic N) is 1. The van der Waals surface area contributed by atoms with Crippen molar-refractivity contribution in [3.8, 4) is 0 Å². The molecule has 2 N–H and O–H groups in total. The fourth-order valence-corrected chi connectivity index (χ4v) is 3.13. The minimum absolute atomic E-state index is 0.112. The molecule has 1 aromatic rings. The standard InChI is InChI=1S/C17H27N3O2/c1-4-12(5-2)15-11-13(8-10-22-15)20-16-14(17(21)18-3)7-6-9-19-16/h6-7,9,12-13,15H,4-5,8,10-11H2,1-3H3,(H,18,21)(H,19,20)/t13-,15-/m1/s1. The van der Waals surface area contributed by atoms with Crippen molar-refractivity contribution in [3.63, 3.8) is 0 Å². The Hall–Kier alpha value is -1.62. The number of hydrogen-bond acceptors (Lipinski definition) is 4. The van der Waals surface area contributed by atoms with E-state index in [1.165, 1.54) is 0 Å². The van der Waals surface area contributed by atoms with Crippen LogP contribution in [0.3, 0.4) is 0 Å². The van der Waals surface area contributed by atoms with Crippen LogP contribution in [-0.4, -0.2) is 36.7 Å². The van der Waals surface area contributed by atoms with Crippen molar-refractivity contribution in [1.29, 1.82) is 0 Å². The van der Waals surface area contributed by atoms with Crippen LogP contribution >= 0.6 is 0 Å². The lowest BCUT2D eigenvalue weighted by molar-refractivity contribution is -0.0271. The normalized spacial score (nSPS) is 21.6. The number of hydrogen-bond donors (Lipinski definition) is 2. The van der Waals surface area contributed by atoms with E-state index in [1.807, 2.05) is 0 Å². The molecule has 5 heteroatoms. The van der Waals surface area contributed by atoms with Crippen molar-refractivity contribution >= 4 is 11.7 Å². The van der Waals surface area contributed by atoms with Crippen molar-refractivity contribution in [2.75, 3.05) is 19.0 Å². The van der Waals surface area contributed by atoms with Gasteiger partial charge in [0.05, 0.1) is 11.7 Å². The molecule has 0 spiro atoms. The highest BCUT2D eigenvalue weighted by molar-refractivity contribution is 5.98. The van der Waals surface area contributed by atoms with Gasteiger partial charge < -0.3 is 15.4 Å². The van der Waals surface area contributed by atoms with Crippen molar-refractivity contribution < 1.29 is 9.53 Å². The van der Waals surface area contributed by atoms with E-state index < -0.39 is 0 Å². The Morgan fingerprint density at radius 2 is 2.23 bits per heavy atom. The van der Waals surface area contributed by atoms with Gasteiger partial charge in [-0.15, -0.1) is 0 Å². The van der Waals surface area contributed by atoms with E-state index >= 15 is 0 Å². The van der Waals surface area contributed by atoms with Gasteiger partial charge >= 0.3 is 0 Å². The minimum atomic E-state index is -0.112. The predicted molar refractivity (Wildman–Crippen MR) is 88.1 cm³/mol. The average molecular weight is 305 g/mol. The van der Waals surface area contributed by atoms with Crippen LogP contribution in [0.1, 0.15) is 49.9 Å². The lowest BCUT2D eigenvalue weighted by atomic mass is 9.89. The predicted octanol–water partition coefficient (Wildman–Crippen LogP) is 2.84. The summed E-state index contributed by atoms with van der Waals surface area (Å²) in [5.74, 6) is 1.16. The molecule has 122 valence electrons. The maximum atomic E-state index is 11.9. The van der Waals surface area contributed by atoms with Crippen molar-refractivity contribution in [2.45, 2.75) is 51.7 Å². The van der Waals surface area contributed by atoms with E-state index in [9.17, 15) is 4.79 Å². The lowest BCUT2D eigenvalue weighted by Crippen LogP contribution is -2.38. The molecule has 1 aliphatic rings. The first-order valence-electron chi connectivity index (χ1n) is 8.24. The second-order valence-electron chi connectivity index (χ2n) is 5.83. The van der Waals surface area contributed by atoms with Gasteiger partial charge in [-0.2, -0.15) is 0 Å². The van der Waals surface area contributed by atoms with E-state index in [0.29, 0.717) is 29.4 Å². The van der Waals surface area contributed by atoms with Crippen LogP contribution in [0.4, 0.5) is 5.82 Å². The lowest BCUT2D eigenvalue weighted by Gasteiger charge is -2.34. The molecule has 2 rings (SSSR count). The van der Waals surface area contributed by atoms with E-state index in [2.05, 4.69) is 29.5 Å². The number of amides is 1. The third kappa shape index (κ3) is 3.97. The smallest absolute Gasteiger partial charge is 0.254 e. The van der Waals surface area contributed by atoms with Crippen molar-refractivity contribution in [2.24, 2.45) is 5.92 Å². The Bertz CT molecular complexity index is 489. The zero-order chi connectivity index (χ0) is 15.9. The number of nitrogens with one attached hydrogen (secondary N) is 2. The summed E-state index contributed by atoms with van der Waals surface area (Å²) in [4.78, 5) is 16.3. The topological polar surface area (TPSA) is 63.2 Å². The number of anilines is 1. The van der Waals surface area contributed by atoms with Crippen LogP contribution in [0, 0.1) is 5.92 Å². The average Bonchev–Trinajstić information content (AvgIpc) is 2.56. The summed E-state index contributed by atoms with van der Waals surface area (Å²) in [6.45, 7) is 5.20. The minimum Gasteiger partial charge on any atom is -0.378 e. The molecule has 2 heterocycles. The molecule has 0 unspecified atom stereocenters. The molecular weight excluding hydrogens is 278 g/mol. The molecule has 1 aromatic heterocycles. The Kier molecular flexibility index (Phi) is 6.19. The van der Waals surface area contributed by atoms with Crippen LogP contribution < -0.4 is 10.6 Å². The van der Waals surface area contributed by atoms with Crippen LogP contribution in [0.15, 0.2) is 18.3 Å². The molecule has 1 aliphatic heterocycles. The third-order valence-electron chi connectivity index (χ3n) is 4.51. The third-order valence-corrected chi connectivity index (χ3v) is 4.51. The Morgan fingerprint density at radius 3 is 2.91 bits per heavy atom. The second-order valence-corrected chi connectivity index (χ2v) is 5.83. The van der Waals surface area contributed by atoms with Gasteiger partial charge in [0.15, 0.2) is 0 Å². The monoisotopic (exact) mass is 305 g/mol. The van der Waals surface area contributed by atoms with Crippen LogP contribution in [0.2, 0.25) is 0 Å². The van der Waals surface area contributed by atoms with Gasteiger partial charge in [-0.25, -0.2) is 4.98 Å². The summed E-state index contributed by atoms with van der Waals surface area (Å²) >= 11 is 0. The van der Waals surface area contributed by atoms with Crippen LogP contribution in [0.25, 0.3) is 0 Å².